The van der Waals surface area contributed by atoms with Gasteiger partial charge in [-0.15, -0.1) is 11.3 Å². The Kier molecular flexibility index (Phi) is 3.73. The van der Waals surface area contributed by atoms with Crippen molar-refractivity contribution < 1.29 is 9.53 Å². The minimum absolute atomic E-state index is 0.109. The molecule has 2 aliphatic carbocycles. The second-order valence-electron chi connectivity index (χ2n) is 5.35. The summed E-state index contributed by atoms with van der Waals surface area (Å²) in [5.41, 5.74) is 0.966. The molecule has 1 aromatic heterocycles. The van der Waals surface area contributed by atoms with Crippen molar-refractivity contribution in [3.63, 3.8) is 0 Å². The van der Waals surface area contributed by atoms with Crippen LogP contribution in [0.3, 0.4) is 0 Å². The van der Waals surface area contributed by atoms with Crippen LogP contribution in [0, 0.1) is 5.92 Å². The second-order valence-corrected chi connectivity index (χ2v) is 6.43. The Labute approximate surface area is 117 Å². The summed E-state index contributed by atoms with van der Waals surface area (Å²) in [5, 5.41) is 4.39. The minimum atomic E-state index is -0.142. The molecule has 0 radical (unpaired) electrons. The van der Waals surface area contributed by atoms with Crippen LogP contribution >= 0.6 is 11.3 Å². The van der Waals surface area contributed by atoms with Crippen molar-refractivity contribution in [3.8, 4) is 0 Å². The first-order chi connectivity index (χ1) is 9.28. The Balaban J connectivity index is 1.72. The molecule has 1 aromatic rings. The van der Waals surface area contributed by atoms with Gasteiger partial charge >= 0.3 is 5.97 Å². The summed E-state index contributed by atoms with van der Waals surface area (Å²) in [5.74, 6) is 0.584. The van der Waals surface area contributed by atoms with Gasteiger partial charge in [0, 0.05) is 11.4 Å². The monoisotopic (exact) mass is 280 g/mol. The molecular formula is C14H20N2O2S. The van der Waals surface area contributed by atoms with Crippen LogP contribution in [0.1, 0.15) is 49.1 Å². The Morgan fingerprint density at radius 3 is 3.05 bits per heavy atom. The molecular weight excluding hydrogens is 260 g/mol. The fraction of sp³-hybridized carbons (Fsp3) is 0.714. The molecule has 0 bridgehead atoms. The summed E-state index contributed by atoms with van der Waals surface area (Å²) in [7, 11) is 0. The Hall–Kier alpha value is -1.10. The van der Waals surface area contributed by atoms with E-state index in [1.54, 1.807) is 11.3 Å². The number of hydrogen-bond acceptors (Lipinski definition) is 5. The third kappa shape index (κ3) is 2.91. The van der Waals surface area contributed by atoms with Crippen molar-refractivity contribution in [2.45, 2.75) is 44.9 Å². The number of esters is 1. The summed E-state index contributed by atoms with van der Waals surface area (Å²) < 4.78 is 5.16. The predicted molar refractivity (Wildman–Crippen MR) is 75.6 cm³/mol. The quantitative estimate of drug-likeness (QED) is 0.843. The molecule has 1 atom stereocenters. The lowest BCUT2D eigenvalue weighted by atomic mass is 9.91. The maximum absolute atomic E-state index is 12.0. The van der Waals surface area contributed by atoms with E-state index in [4.69, 9.17) is 4.74 Å². The number of aromatic nitrogens is 1. The predicted octanol–water partition coefficient (Wildman–Crippen LogP) is 2.95. The zero-order valence-corrected chi connectivity index (χ0v) is 12.1. The lowest BCUT2D eigenvalue weighted by Crippen LogP contribution is -2.20. The van der Waals surface area contributed by atoms with Gasteiger partial charge in [-0.05, 0) is 44.9 Å². The molecule has 0 spiro atoms. The highest BCUT2D eigenvalue weighted by Crippen LogP contribution is 2.38. The average molecular weight is 280 g/mol. The number of carbonyl (C=O) groups excluding carboxylic acids is 1. The van der Waals surface area contributed by atoms with E-state index in [2.05, 4.69) is 10.3 Å². The average Bonchev–Trinajstić information content (AvgIpc) is 3.14. The molecule has 0 saturated heterocycles. The van der Waals surface area contributed by atoms with Crippen LogP contribution in [-0.2, 0) is 16.0 Å². The van der Waals surface area contributed by atoms with Crippen LogP contribution in [0.5, 0.6) is 0 Å². The van der Waals surface area contributed by atoms with Gasteiger partial charge in [0.2, 0.25) is 0 Å². The summed E-state index contributed by atoms with van der Waals surface area (Å²) in [4.78, 5) is 17.9. The molecule has 4 nitrogen and oxygen atoms in total. The van der Waals surface area contributed by atoms with Crippen LogP contribution in [-0.4, -0.2) is 24.1 Å². The summed E-state index contributed by atoms with van der Waals surface area (Å²) in [6, 6.07) is 0. The Bertz CT molecular complexity index is 468. The lowest BCUT2D eigenvalue weighted by molar-refractivity contribution is -0.145. The number of carbonyl (C=O) groups is 1. The highest BCUT2D eigenvalue weighted by molar-refractivity contribution is 7.15. The van der Waals surface area contributed by atoms with Gasteiger partial charge in [-0.3, -0.25) is 4.79 Å². The zero-order chi connectivity index (χ0) is 13.2. The number of ether oxygens (including phenoxy) is 1. The molecule has 1 fully saturated rings. The third-order valence-corrected chi connectivity index (χ3v) is 4.85. The largest absolute Gasteiger partial charge is 0.465 e. The lowest BCUT2D eigenvalue weighted by Gasteiger charge is -2.19. The molecule has 1 saturated carbocycles. The first-order valence-electron chi connectivity index (χ1n) is 7.18. The van der Waals surface area contributed by atoms with E-state index in [1.807, 2.05) is 6.92 Å². The zero-order valence-electron chi connectivity index (χ0n) is 11.3. The number of aryl methyl sites for hydroxylation is 1. The molecule has 19 heavy (non-hydrogen) atoms. The summed E-state index contributed by atoms with van der Waals surface area (Å²) in [6.45, 7) is 3.32. The van der Waals surface area contributed by atoms with Crippen molar-refractivity contribution in [2.24, 2.45) is 5.92 Å². The number of nitrogens with one attached hydrogen (secondary N) is 1. The molecule has 1 N–H and O–H groups in total. The van der Waals surface area contributed by atoms with E-state index in [-0.39, 0.29) is 11.9 Å². The van der Waals surface area contributed by atoms with Crippen molar-refractivity contribution in [3.05, 3.63) is 10.6 Å². The molecule has 3 rings (SSSR count). The Morgan fingerprint density at radius 2 is 2.32 bits per heavy atom. The topological polar surface area (TPSA) is 51.2 Å². The van der Waals surface area contributed by atoms with Gasteiger partial charge in [0.05, 0.1) is 12.3 Å². The smallest absolute Gasteiger partial charge is 0.315 e. The highest BCUT2D eigenvalue weighted by Gasteiger charge is 2.31. The molecule has 0 aromatic carbocycles. The molecule has 1 heterocycles. The van der Waals surface area contributed by atoms with E-state index in [9.17, 15) is 4.79 Å². The van der Waals surface area contributed by atoms with Crippen molar-refractivity contribution in [1.29, 1.82) is 0 Å². The van der Waals surface area contributed by atoms with Crippen LogP contribution in [0.25, 0.3) is 0 Å². The molecule has 2 aliphatic rings. The van der Waals surface area contributed by atoms with Crippen LogP contribution in [0.2, 0.25) is 0 Å². The SMILES string of the molecule is CCOC(=O)C1CCCc2sc(NCC3CC3)nc21. The van der Waals surface area contributed by atoms with E-state index in [0.29, 0.717) is 6.61 Å². The van der Waals surface area contributed by atoms with Gasteiger partial charge in [-0.1, -0.05) is 0 Å². The maximum atomic E-state index is 12.0. The van der Waals surface area contributed by atoms with Crippen LogP contribution < -0.4 is 5.32 Å². The van der Waals surface area contributed by atoms with Crippen molar-refractivity contribution in [1.82, 2.24) is 4.98 Å². The van der Waals surface area contributed by atoms with Crippen molar-refractivity contribution in [2.75, 3.05) is 18.5 Å². The molecule has 104 valence electrons. The van der Waals surface area contributed by atoms with Gasteiger partial charge < -0.3 is 10.1 Å². The first-order valence-corrected chi connectivity index (χ1v) is 7.99. The summed E-state index contributed by atoms with van der Waals surface area (Å²) >= 11 is 1.71. The number of rotatable bonds is 5. The number of anilines is 1. The van der Waals surface area contributed by atoms with Gasteiger partial charge in [-0.25, -0.2) is 4.98 Å². The number of nitrogens with zero attached hydrogens (tertiary/aromatic N) is 1. The van der Waals surface area contributed by atoms with Crippen LogP contribution in [0.15, 0.2) is 0 Å². The normalized spacial score (nSPS) is 21.8. The second kappa shape index (κ2) is 5.49. The van der Waals surface area contributed by atoms with E-state index >= 15 is 0 Å². The number of hydrogen-bond donors (Lipinski definition) is 1. The van der Waals surface area contributed by atoms with Gasteiger partial charge in [-0.2, -0.15) is 0 Å². The molecule has 0 amide bonds. The molecule has 1 unspecified atom stereocenters. The fourth-order valence-corrected chi connectivity index (χ4v) is 3.59. The standard InChI is InChI=1S/C14H20N2O2S/c1-2-18-13(17)10-4-3-5-11-12(10)16-14(19-11)15-8-9-6-7-9/h9-10H,2-8H2,1H3,(H,15,16). The molecule has 0 aliphatic heterocycles. The maximum Gasteiger partial charge on any atom is 0.315 e. The van der Waals surface area contributed by atoms with Gasteiger partial charge in [0.25, 0.3) is 0 Å². The van der Waals surface area contributed by atoms with Crippen LogP contribution in [0.4, 0.5) is 5.13 Å². The van der Waals surface area contributed by atoms with E-state index in [0.717, 1.165) is 42.6 Å². The first kappa shape index (κ1) is 12.9. The third-order valence-electron chi connectivity index (χ3n) is 3.76. The highest BCUT2D eigenvalue weighted by atomic mass is 32.1. The van der Waals surface area contributed by atoms with Gasteiger partial charge in [0.1, 0.15) is 5.92 Å². The minimum Gasteiger partial charge on any atom is -0.465 e. The van der Waals surface area contributed by atoms with Crippen molar-refractivity contribution >= 4 is 22.4 Å². The number of thiazole rings is 1. The molecule has 5 heteroatoms. The number of fused-ring (bicyclic) bond motifs is 1. The summed E-state index contributed by atoms with van der Waals surface area (Å²) in [6.07, 6.45) is 5.65. The van der Waals surface area contributed by atoms with E-state index in [1.165, 1.54) is 17.7 Å². The van der Waals surface area contributed by atoms with E-state index < -0.39 is 0 Å². The Morgan fingerprint density at radius 1 is 1.47 bits per heavy atom. The fourth-order valence-electron chi connectivity index (χ4n) is 2.52. The van der Waals surface area contributed by atoms with Gasteiger partial charge in [0.15, 0.2) is 5.13 Å².